The third kappa shape index (κ3) is 3.20. The van der Waals surface area contributed by atoms with E-state index in [0.717, 1.165) is 16.5 Å². The van der Waals surface area contributed by atoms with Gasteiger partial charge < -0.3 is 9.32 Å². The van der Waals surface area contributed by atoms with Crippen molar-refractivity contribution in [2.75, 3.05) is 12.8 Å². The molecule has 0 saturated heterocycles. The van der Waals surface area contributed by atoms with E-state index < -0.39 is 0 Å². The molecular weight excluding hydrogens is 366 g/mol. The van der Waals surface area contributed by atoms with Crippen LogP contribution in [0.15, 0.2) is 51.5 Å². The summed E-state index contributed by atoms with van der Waals surface area (Å²) in [4.78, 5) is 24.1. The van der Waals surface area contributed by atoms with E-state index >= 15 is 0 Å². The molecule has 0 aliphatic heterocycles. The van der Waals surface area contributed by atoms with Crippen LogP contribution < -0.4 is 0 Å². The molecule has 1 aromatic carbocycles. The number of hydrogen-bond acceptors (Lipinski definition) is 6. The smallest absolute Gasteiger partial charge is 0.233 e. The SMILES string of the molecule is Cc1ccsc1CN(C)C(=O)CSc1ncnc2c1oc1ccccc12. The Morgan fingerprint density at radius 3 is 2.92 bits per heavy atom. The molecule has 3 aromatic heterocycles. The van der Waals surface area contributed by atoms with Crippen molar-refractivity contribution in [3.05, 3.63) is 52.5 Å². The van der Waals surface area contributed by atoms with Crippen molar-refractivity contribution in [3.8, 4) is 0 Å². The summed E-state index contributed by atoms with van der Waals surface area (Å²) in [7, 11) is 1.83. The molecule has 0 N–H and O–H groups in total. The van der Waals surface area contributed by atoms with E-state index in [1.807, 2.05) is 31.3 Å². The number of aryl methyl sites for hydroxylation is 1. The fraction of sp³-hybridized carbons (Fsp3) is 0.211. The third-order valence-corrected chi connectivity index (χ3v) is 6.20. The molecule has 0 fully saturated rings. The largest absolute Gasteiger partial charge is 0.451 e. The highest BCUT2D eigenvalue weighted by atomic mass is 32.2. The molecule has 0 saturated carbocycles. The number of rotatable bonds is 5. The van der Waals surface area contributed by atoms with E-state index in [1.54, 1.807) is 16.2 Å². The number of thioether (sulfide) groups is 1. The van der Waals surface area contributed by atoms with Gasteiger partial charge in [0, 0.05) is 17.3 Å². The molecule has 132 valence electrons. The summed E-state index contributed by atoms with van der Waals surface area (Å²) in [5.41, 5.74) is 3.43. The number of fused-ring (bicyclic) bond motifs is 3. The molecule has 4 rings (SSSR count). The molecule has 0 aliphatic rings. The van der Waals surface area contributed by atoms with Crippen LogP contribution in [-0.2, 0) is 11.3 Å². The van der Waals surface area contributed by atoms with Crippen molar-refractivity contribution in [3.63, 3.8) is 0 Å². The Kier molecular flexibility index (Phi) is 4.65. The van der Waals surface area contributed by atoms with Gasteiger partial charge in [-0.05, 0) is 36.1 Å². The lowest BCUT2D eigenvalue weighted by atomic mass is 10.2. The lowest BCUT2D eigenvalue weighted by Gasteiger charge is -2.16. The molecule has 1 amide bonds. The maximum atomic E-state index is 12.5. The van der Waals surface area contributed by atoms with Gasteiger partial charge in [-0.2, -0.15) is 0 Å². The monoisotopic (exact) mass is 383 g/mol. The molecule has 5 nitrogen and oxygen atoms in total. The predicted molar refractivity (Wildman–Crippen MR) is 106 cm³/mol. The number of furan rings is 1. The standard InChI is InChI=1S/C19H17N3O2S2/c1-12-7-8-25-15(12)9-22(2)16(23)10-26-19-18-17(20-11-21-19)13-5-3-4-6-14(13)24-18/h3-8,11H,9-10H2,1-2H3. The second-order valence-electron chi connectivity index (χ2n) is 6.02. The normalized spacial score (nSPS) is 11.3. The summed E-state index contributed by atoms with van der Waals surface area (Å²) in [6, 6.07) is 9.85. The van der Waals surface area contributed by atoms with E-state index in [1.165, 1.54) is 28.5 Å². The maximum Gasteiger partial charge on any atom is 0.233 e. The summed E-state index contributed by atoms with van der Waals surface area (Å²) in [6.07, 6.45) is 1.52. The minimum atomic E-state index is 0.0608. The number of benzene rings is 1. The Morgan fingerprint density at radius 1 is 1.27 bits per heavy atom. The molecule has 4 aromatic rings. The molecule has 0 spiro atoms. The van der Waals surface area contributed by atoms with E-state index in [9.17, 15) is 4.79 Å². The van der Waals surface area contributed by atoms with Crippen molar-refractivity contribution in [1.82, 2.24) is 14.9 Å². The highest BCUT2D eigenvalue weighted by Gasteiger charge is 2.16. The van der Waals surface area contributed by atoms with Gasteiger partial charge in [0.1, 0.15) is 22.5 Å². The molecular formula is C19H17N3O2S2. The van der Waals surface area contributed by atoms with Gasteiger partial charge in [0.15, 0.2) is 5.58 Å². The lowest BCUT2D eigenvalue weighted by molar-refractivity contribution is -0.127. The van der Waals surface area contributed by atoms with Crippen molar-refractivity contribution in [2.24, 2.45) is 0 Å². The number of amides is 1. The molecule has 0 aliphatic carbocycles. The Morgan fingerprint density at radius 2 is 2.12 bits per heavy atom. The van der Waals surface area contributed by atoms with Crippen LogP contribution in [0.25, 0.3) is 22.1 Å². The zero-order valence-electron chi connectivity index (χ0n) is 14.4. The number of carbonyl (C=O) groups is 1. The zero-order chi connectivity index (χ0) is 18.1. The average molecular weight is 383 g/mol. The van der Waals surface area contributed by atoms with Gasteiger partial charge >= 0.3 is 0 Å². The number of nitrogens with zero attached hydrogens (tertiary/aromatic N) is 3. The minimum absolute atomic E-state index is 0.0608. The Balaban J connectivity index is 1.50. The van der Waals surface area contributed by atoms with Gasteiger partial charge in [-0.15, -0.1) is 11.3 Å². The fourth-order valence-electron chi connectivity index (χ4n) is 2.72. The Hall–Kier alpha value is -2.38. The fourth-order valence-corrected chi connectivity index (χ4v) is 4.55. The van der Waals surface area contributed by atoms with Crippen LogP contribution in [0, 0.1) is 6.92 Å². The average Bonchev–Trinajstić information content (AvgIpc) is 3.23. The second kappa shape index (κ2) is 7.09. The van der Waals surface area contributed by atoms with E-state index in [2.05, 4.69) is 28.3 Å². The molecule has 0 bridgehead atoms. The van der Waals surface area contributed by atoms with Crippen molar-refractivity contribution >= 4 is 51.1 Å². The van der Waals surface area contributed by atoms with Crippen LogP contribution in [0.5, 0.6) is 0 Å². The van der Waals surface area contributed by atoms with Crippen LogP contribution in [0.3, 0.4) is 0 Å². The maximum absolute atomic E-state index is 12.5. The van der Waals surface area contributed by atoms with Crippen LogP contribution in [0.2, 0.25) is 0 Å². The molecule has 0 atom stereocenters. The molecule has 3 heterocycles. The number of thiophene rings is 1. The first-order chi connectivity index (χ1) is 12.6. The second-order valence-corrected chi connectivity index (χ2v) is 7.98. The van der Waals surface area contributed by atoms with Gasteiger partial charge in [-0.25, -0.2) is 9.97 Å². The van der Waals surface area contributed by atoms with Gasteiger partial charge in [-0.1, -0.05) is 23.9 Å². The van der Waals surface area contributed by atoms with Crippen LogP contribution >= 0.6 is 23.1 Å². The molecule has 0 unspecified atom stereocenters. The summed E-state index contributed by atoms with van der Waals surface area (Å²) < 4.78 is 5.91. The summed E-state index contributed by atoms with van der Waals surface area (Å²) in [6.45, 7) is 2.70. The first-order valence-corrected chi connectivity index (χ1v) is 10.0. The molecule has 7 heteroatoms. The number of para-hydroxylation sites is 1. The predicted octanol–water partition coefficient (Wildman–Crippen LogP) is 4.50. The number of hydrogen-bond donors (Lipinski definition) is 0. The highest BCUT2D eigenvalue weighted by molar-refractivity contribution is 8.00. The summed E-state index contributed by atoms with van der Waals surface area (Å²) >= 11 is 3.06. The van der Waals surface area contributed by atoms with Gasteiger partial charge in [0.2, 0.25) is 5.91 Å². The first kappa shape index (κ1) is 17.1. The quantitative estimate of drug-likeness (QED) is 0.375. The Bertz CT molecular complexity index is 1090. The first-order valence-electron chi connectivity index (χ1n) is 8.15. The van der Waals surface area contributed by atoms with Crippen molar-refractivity contribution in [2.45, 2.75) is 18.5 Å². The summed E-state index contributed by atoms with van der Waals surface area (Å²) in [5, 5.41) is 3.71. The zero-order valence-corrected chi connectivity index (χ0v) is 16.1. The molecule has 0 radical (unpaired) electrons. The van der Waals surface area contributed by atoms with E-state index in [-0.39, 0.29) is 5.91 Å². The van der Waals surface area contributed by atoms with Crippen molar-refractivity contribution in [1.29, 1.82) is 0 Å². The van der Waals surface area contributed by atoms with Gasteiger partial charge in [0.25, 0.3) is 0 Å². The topological polar surface area (TPSA) is 59.2 Å². The highest BCUT2D eigenvalue weighted by Crippen LogP contribution is 2.32. The Labute approximate surface area is 159 Å². The van der Waals surface area contributed by atoms with E-state index in [4.69, 9.17) is 4.42 Å². The minimum Gasteiger partial charge on any atom is -0.451 e. The summed E-state index contributed by atoms with van der Waals surface area (Å²) in [5.74, 6) is 0.370. The van der Waals surface area contributed by atoms with Crippen molar-refractivity contribution < 1.29 is 9.21 Å². The van der Waals surface area contributed by atoms with Crippen LogP contribution in [0.4, 0.5) is 0 Å². The van der Waals surface area contributed by atoms with Crippen LogP contribution in [0.1, 0.15) is 10.4 Å². The number of aromatic nitrogens is 2. The molecule has 26 heavy (non-hydrogen) atoms. The van der Waals surface area contributed by atoms with E-state index in [0.29, 0.717) is 22.9 Å². The van der Waals surface area contributed by atoms with Gasteiger partial charge in [-0.3, -0.25) is 4.79 Å². The lowest BCUT2D eigenvalue weighted by Crippen LogP contribution is -2.27. The van der Waals surface area contributed by atoms with Gasteiger partial charge in [0.05, 0.1) is 12.3 Å². The number of carbonyl (C=O) groups excluding carboxylic acids is 1. The van der Waals surface area contributed by atoms with Crippen LogP contribution in [-0.4, -0.2) is 33.6 Å². The third-order valence-electron chi connectivity index (χ3n) is 4.23.